The molecule has 6 nitrogen and oxygen atoms in total. The Kier molecular flexibility index (Phi) is 7.39. The van der Waals surface area contributed by atoms with Gasteiger partial charge in [-0.25, -0.2) is 8.78 Å². The Morgan fingerprint density at radius 1 is 1.06 bits per heavy atom. The van der Waals surface area contributed by atoms with Gasteiger partial charge in [-0.3, -0.25) is 14.3 Å². The number of amides is 1. The van der Waals surface area contributed by atoms with E-state index in [9.17, 15) is 13.6 Å². The zero-order valence-corrected chi connectivity index (χ0v) is 18.8. The number of halogens is 3. The molecule has 0 bridgehead atoms. The summed E-state index contributed by atoms with van der Waals surface area (Å²) in [4.78, 5) is 14.7. The van der Waals surface area contributed by atoms with Crippen LogP contribution in [-0.4, -0.2) is 44.4 Å². The molecule has 1 amide bonds. The fourth-order valence-electron chi connectivity index (χ4n) is 3.57. The molecule has 10 heteroatoms. The highest BCUT2D eigenvalue weighted by Crippen LogP contribution is 2.25. The quantitative estimate of drug-likeness (QED) is 0.489. The van der Waals surface area contributed by atoms with Crippen molar-refractivity contribution in [3.8, 4) is 5.69 Å². The summed E-state index contributed by atoms with van der Waals surface area (Å²) in [6.45, 7) is 2.61. The molecule has 0 atom stereocenters. The van der Waals surface area contributed by atoms with E-state index < -0.39 is 5.82 Å². The fraction of sp³-hybridized carbons (Fsp3) is 0.318. The number of hydrogen-bond donors (Lipinski definition) is 1. The molecule has 1 saturated heterocycles. The zero-order chi connectivity index (χ0) is 22.5. The third-order valence-corrected chi connectivity index (χ3v) is 6.30. The minimum atomic E-state index is -0.603. The van der Waals surface area contributed by atoms with Gasteiger partial charge in [0.25, 0.3) is 0 Å². The summed E-state index contributed by atoms with van der Waals surface area (Å²) in [6, 6.07) is 10.1. The van der Waals surface area contributed by atoms with Gasteiger partial charge in [-0.15, -0.1) is 10.2 Å². The average Bonchev–Trinajstić information content (AvgIpc) is 3.18. The number of hydrogen-bond acceptors (Lipinski definition) is 5. The predicted octanol–water partition coefficient (Wildman–Crippen LogP) is 4.92. The smallest absolute Gasteiger partial charge is 0.234 e. The first-order valence-corrected chi connectivity index (χ1v) is 11.7. The van der Waals surface area contributed by atoms with Gasteiger partial charge in [0.2, 0.25) is 5.91 Å². The van der Waals surface area contributed by atoms with Crippen molar-refractivity contribution >= 4 is 35.0 Å². The Labute approximate surface area is 194 Å². The first-order valence-electron chi connectivity index (χ1n) is 10.3. The highest BCUT2D eigenvalue weighted by atomic mass is 35.5. The van der Waals surface area contributed by atoms with Crippen molar-refractivity contribution in [2.24, 2.45) is 0 Å². The number of piperidine rings is 1. The van der Waals surface area contributed by atoms with Gasteiger partial charge in [0.15, 0.2) is 11.0 Å². The SMILES string of the molecule is O=C(CSc1nnc(CN2CCCCC2)n1-c1ccc(F)cc1)Nc1ccc(Cl)cc1F. The Bertz CT molecular complexity index is 1090. The van der Waals surface area contributed by atoms with E-state index in [-0.39, 0.29) is 28.2 Å². The summed E-state index contributed by atoms with van der Waals surface area (Å²) in [5, 5.41) is 11.9. The molecule has 0 aliphatic carbocycles. The molecule has 3 aromatic rings. The monoisotopic (exact) mass is 477 g/mol. The Morgan fingerprint density at radius 3 is 2.53 bits per heavy atom. The van der Waals surface area contributed by atoms with Crippen LogP contribution in [0, 0.1) is 11.6 Å². The molecule has 0 unspecified atom stereocenters. The Hall–Kier alpha value is -2.49. The Morgan fingerprint density at radius 2 is 1.81 bits per heavy atom. The van der Waals surface area contributed by atoms with E-state index in [2.05, 4.69) is 20.4 Å². The third kappa shape index (κ3) is 5.65. The molecule has 168 valence electrons. The van der Waals surface area contributed by atoms with Crippen LogP contribution in [0.2, 0.25) is 5.02 Å². The molecule has 0 saturated carbocycles. The van der Waals surface area contributed by atoms with Crippen molar-refractivity contribution in [2.75, 3.05) is 24.2 Å². The van der Waals surface area contributed by atoms with Crippen LogP contribution < -0.4 is 5.32 Å². The van der Waals surface area contributed by atoms with E-state index in [1.54, 1.807) is 12.1 Å². The first kappa shape index (κ1) is 22.7. The van der Waals surface area contributed by atoms with Crippen molar-refractivity contribution < 1.29 is 13.6 Å². The fourth-order valence-corrected chi connectivity index (χ4v) is 4.50. The normalized spacial score (nSPS) is 14.5. The zero-order valence-electron chi connectivity index (χ0n) is 17.2. The molecular formula is C22H22ClF2N5OS. The number of aromatic nitrogens is 3. The van der Waals surface area contributed by atoms with E-state index in [1.807, 2.05) is 4.57 Å². The number of nitrogens with zero attached hydrogens (tertiary/aromatic N) is 4. The van der Waals surface area contributed by atoms with Gasteiger partial charge >= 0.3 is 0 Å². The molecule has 0 radical (unpaired) electrons. The van der Waals surface area contributed by atoms with Crippen molar-refractivity contribution in [1.82, 2.24) is 19.7 Å². The minimum Gasteiger partial charge on any atom is -0.323 e. The number of carbonyl (C=O) groups excluding carboxylic acids is 1. The summed E-state index contributed by atoms with van der Waals surface area (Å²) in [6.07, 6.45) is 3.52. The Balaban J connectivity index is 1.50. The van der Waals surface area contributed by atoms with Gasteiger partial charge < -0.3 is 5.32 Å². The maximum absolute atomic E-state index is 14.0. The maximum Gasteiger partial charge on any atom is 0.234 e. The summed E-state index contributed by atoms with van der Waals surface area (Å²) >= 11 is 6.93. The van der Waals surface area contributed by atoms with Crippen LogP contribution in [-0.2, 0) is 11.3 Å². The second-order valence-electron chi connectivity index (χ2n) is 7.51. The molecule has 2 heterocycles. The summed E-state index contributed by atoms with van der Waals surface area (Å²) in [7, 11) is 0. The van der Waals surface area contributed by atoms with E-state index in [0.717, 1.165) is 43.5 Å². The molecule has 1 aliphatic rings. The van der Waals surface area contributed by atoms with Gasteiger partial charge in [0, 0.05) is 10.7 Å². The number of nitrogens with one attached hydrogen (secondary N) is 1. The number of anilines is 1. The van der Waals surface area contributed by atoms with E-state index >= 15 is 0 Å². The van der Waals surface area contributed by atoms with Crippen molar-refractivity contribution in [3.05, 3.63) is 64.9 Å². The van der Waals surface area contributed by atoms with Gasteiger partial charge in [-0.05, 0) is 68.4 Å². The lowest BCUT2D eigenvalue weighted by molar-refractivity contribution is -0.113. The summed E-state index contributed by atoms with van der Waals surface area (Å²) < 4.78 is 29.3. The number of thioether (sulfide) groups is 1. The standard InChI is InChI=1S/C22H22ClF2N5OS/c23-15-4-9-19(18(25)12-15)26-21(31)14-32-22-28-27-20(13-29-10-2-1-3-11-29)30(22)17-7-5-16(24)6-8-17/h4-9,12H,1-3,10-11,13-14H2,(H,26,31). The van der Waals surface area contributed by atoms with Crippen molar-refractivity contribution in [2.45, 2.75) is 31.0 Å². The largest absolute Gasteiger partial charge is 0.323 e. The van der Waals surface area contributed by atoms with E-state index in [0.29, 0.717) is 11.7 Å². The van der Waals surface area contributed by atoms with Crippen LogP contribution in [0.3, 0.4) is 0 Å². The maximum atomic E-state index is 14.0. The number of benzene rings is 2. The van der Waals surface area contributed by atoms with Gasteiger partial charge in [-0.1, -0.05) is 29.8 Å². The lowest BCUT2D eigenvalue weighted by atomic mass is 10.1. The summed E-state index contributed by atoms with van der Waals surface area (Å²) in [5.74, 6) is -0.592. The van der Waals surface area contributed by atoms with Gasteiger partial charge in [0.1, 0.15) is 11.6 Å². The second-order valence-corrected chi connectivity index (χ2v) is 8.89. The molecule has 2 aromatic carbocycles. The molecule has 1 aromatic heterocycles. The number of rotatable bonds is 7. The van der Waals surface area contributed by atoms with E-state index in [4.69, 9.17) is 11.6 Å². The lowest BCUT2D eigenvalue weighted by Gasteiger charge is -2.26. The molecule has 32 heavy (non-hydrogen) atoms. The van der Waals surface area contributed by atoms with Crippen LogP contribution in [0.4, 0.5) is 14.5 Å². The van der Waals surface area contributed by atoms with Crippen molar-refractivity contribution in [3.63, 3.8) is 0 Å². The highest BCUT2D eigenvalue weighted by Gasteiger charge is 2.20. The summed E-state index contributed by atoms with van der Waals surface area (Å²) in [5.41, 5.74) is 0.779. The van der Waals surface area contributed by atoms with Crippen LogP contribution in [0.25, 0.3) is 5.69 Å². The lowest BCUT2D eigenvalue weighted by Crippen LogP contribution is -2.30. The van der Waals surface area contributed by atoms with Crippen LogP contribution in [0.15, 0.2) is 47.6 Å². The molecule has 1 fully saturated rings. The van der Waals surface area contributed by atoms with Crippen LogP contribution >= 0.6 is 23.4 Å². The van der Waals surface area contributed by atoms with Crippen LogP contribution in [0.1, 0.15) is 25.1 Å². The molecule has 1 N–H and O–H groups in total. The van der Waals surface area contributed by atoms with E-state index in [1.165, 1.54) is 42.4 Å². The second kappa shape index (κ2) is 10.4. The third-order valence-electron chi connectivity index (χ3n) is 5.14. The topological polar surface area (TPSA) is 63.1 Å². The molecule has 0 spiro atoms. The minimum absolute atomic E-state index is 0.00507. The van der Waals surface area contributed by atoms with Gasteiger partial charge in [0.05, 0.1) is 18.0 Å². The molecular weight excluding hydrogens is 456 g/mol. The van der Waals surface area contributed by atoms with Crippen LogP contribution in [0.5, 0.6) is 0 Å². The molecule has 1 aliphatic heterocycles. The number of carbonyl (C=O) groups is 1. The van der Waals surface area contributed by atoms with Gasteiger partial charge in [-0.2, -0.15) is 0 Å². The highest BCUT2D eigenvalue weighted by molar-refractivity contribution is 7.99. The average molecular weight is 478 g/mol. The van der Waals surface area contributed by atoms with Crippen molar-refractivity contribution in [1.29, 1.82) is 0 Å². The molecule has 4 rings (SSSR count). The first-order chi connectivity index (χ1) is 15.5. The predicted molar refractivity (Wildman–Crippen MR) is 121 cm³/mol. The number of likely N-dealkylation sites (tertiary alicyclic amines) is 1.